The Labute approximate surface area is 137 Å². The molecule has 0 bridgehead atoms. The Morgan fingerprint density at radius 3 is 2.74 bits per heavy atom. The molecule has 0 saturated heterocycles. The van der Waals surface area contributed by atoms with Gasteiger partial charge in [-0.15, -0.1) is 0 Å². The Hall–Kier alpha value is -2.86. The zero-order valence-electron chi connectivity index (χ0n) is 12.1. The van der Waals surface area contributed by atoms with Crippen molar-refractivity contribution in [3.8, 4) is 17.2 Å². The van der Waals surface area contributed by atoms with Gasteiger partial charge < -0.3 is 9.30 Å². The van der Waals surface area contributed by atoms with Crippen molar-refractivity contribution in [1.29, 1.82) is 0 Å². The Kier molecular flexibility index (Phi) is 3.99. The molecule has 23 heavy (non-hydrogen) atoms. The Bertz CT molecular complexity index is 877. The zero-order valence-corrected chi connectivity index (χ0v) is 12.9. The summed E-state index contributed by atoms with van der Waals surface area (Å²) in [4.78, 5) is 14.4. The molecule has 2 aromatic carbocycles. The number of nitro benzene ring substituents is 1. The highest BCUT2D eigenvalue weighted by Crippen LogP contribution is 2.33. The predicted molar refractivity (Wildman–Crippen MR) is 86.5 cm³/mol. The third-order valence-electron chi connectivity index (χ3n) is 3.28. The van der Waals surface area contributed by atoms with Crippen LogP contribution in [-0.2, 0) is 0 Å². The summed E-state index contributed by atoms with van der Waals surface area (Å²) in [7, 11) is 0. The van der Waals surface area contributed by atoms with E-state index in [1.165, 1.54) is 18.2 Å². The lowest BCUT2D eigenvalue weighted by Crippen LogP contribution is -1.96. The zero-order chi connectivity index (χ0) is 16.4. The smallest absolute Gasteiger partial charge is 0.271 e. The largest absolute Gasteiger partial charge is 0.456 e. The van der Waals surface area contributed by atoms with E-state index >= 15 is 0 Å². The van der Waals surface area contributed by atoms with Crippen LogP contribution in [0, 0.1) is 17.0 Å². The summed E-state index contributed by atoms with van der Waals surface area (Å²) in [5, 5.41) is 10.9. The fraction of sp³-hybridized carbons (Fsp3) is 0.0625. The Balaban J connectivity index is 1.89. The Morgan fingerprint density at radius 2 is 2.09 bits per heavy atom. The maximum absolute atomic E-state index is 10.7. The number of ether oxygens (including phenoxy) is 1. The maximum atomic E-state index is 10.7. The van der Waals surface area contributed by atoms with Gasteiger partial charge in [0.05, 0.1) is 15.6 Å². The van der Waals surface area contributed by atoms with Crippen molar-refractivity contribution >= 4 is 17.3 Å². The minimum atomic E-state index is -0.502. The van der Waals surface area contributed by atoms with Gasteiger partial charge in [-0.05, 0) is 25.1 Å². The molecule has 0 aliphatic carbocycles. The van der Waals surface area contributed by atoms with Crippen LogP contribution in [-0.4, -0.2) is 14.5 Å². The third kappa shape index (κ3) is 3.17. The highest BCUT2D eigenvalue weighted by atomic mass is 35.5. The molecule has 116 valence electrons. The number of non-ortho nitro benzene ring substituents is 1. The number of hydrogen-bond donors (Lipinski definition) is 0. The van der Waals surface area contributed by atoms with Crippen molar-refractivity contribution in [3.63, 3.8) is 0 Å². The summed E-state index contributed by atoms with van der Waals surface area (Å²) in [6, 6.07) is 11.5. The molecule has 0 radical (unpaired) electrons. The minimum absolute atomic E-state index is 0.0786. The number of benzene rings is 2. The van der Waals surface area contributed by atoms with E-state index in [2.05, 4.69) is 4.98 Å². The van der Waals surface area contributed by atoms with Gasteiger partial charge >= 0.3 is 0 Å². The second kappa shape index (κ2) is 6.10. The first kappa shape index (κ1) is 15.1. The number of aryl methyl sites for hydroxylation is 1. The molecular weight excluding hydrogens is 318 g/mol. The van der Waals surface area contributed by atoms with E-state index < -0.39 is 4.92 Å². The van der Waals surface area contributed by atoms with Crippen LogP contribution in [0.3, 0.4) is 0 Å². The molecule has 6 nitrogen and oxygen atoms in total. The van der Waals surface area contributed by atoms with Crippen LogP contribution in [0.4, 0.5) is 5.69 Å². The van der Waals surface area contributed by atoms with E-state index in [0.717, 1.165) is 11.5 Å². The minimum Gasteiger partial charge on any atom is -0.456 e. The number of imidazole rings is 1. The average Bonchev–Trinajstić information content (AvgIpc) is 2.95. The Morgan fingerprint density at radius 1 is 1.26 bits per heavy atom. The molecule has 7 heteroatoms. The molecule has 0 aliphatic rings. The van der Waals surface area contributed by atoms with Crippen LogP contribution < -0.4 is 4.74 Å². The number of nitro groups is 1. The van der Waals surface area contributed by atoms with Gasteiger partial charge in [-0.1, -0.05) is 17.7 Å². The highest BCUT2D eigenvalue weighted by Gasteiger charge is 2.11. The number of aromatic nitrogens is 2. The molecule has 0 fully saturated rings. The summed E-state index contributed by atoms with van der Waals surface area (Å²) in [6.07, 6.45) is 3.57. The summed E-state index contributed by atoms with van der Waals surface area (Å²) >= 11 is 6.04. The van der Waals surface area contributed by atoms with E-state index in [0.29, 0.717) is 11.5 Å². The number of halogens is 1. The van der Waals surface area contributed by atoms with E-state index in [4.69, 9.17) is 16.3 Å². The quantitative estimate of drug-likeness (QED) is 0.520. The lowest BCUT2D eigenvalue weighted by Gasteiger charge is -2.10. The summed E-state index contributed by atoms with van der Waals surface area (Å²) in [5.41, 5.74) is 0.820. The molecular formula is C16H12ClN3O3. The lowest BCUT2D eigenvalue weighted by molar-refractivity contribution is -0.384. The molecule has 0 atom stereocenters. The van der Waals surface area contributed by atoms with E-state index in [1.807, 2.05) is 35.9 Å². The van der Waals surface area contributed by atoms with Gasteiger partial charge in [0, 0.05) is 30.6 Å². The maximum Gasteiger partial charge on any atom is 0.271 e. The third-order valence-corrected chi connectivity index (χ3v) is 3.57. The normalized spacial score (nSPS) is 10.5. The van der Waals surface area contributed by atoms with Crippen LogP contribution in [0.5, 0.6) is 11.5 Å². The van der Waals surface area contributed by atoms with Gasteiger partial charge in [0.25, 0.3) is 5.69 Å². The molecule has 0 aliphatic heterocycles. The molecule has 1 heterocycles. The predicted octanol–water partition coefficient (Wildman–Crippen LogP) is 4.53. The van der Waals surface area contributed by atoms with E-state index in [9.17, 15) is 10.1 Å². The van der Waals surface area contributed by atoms with Crippen LogP contribution in [0.25, 0.3) is 5.69 Å². The number of hydrogen-bond acceptors (Lipinski definition) is 4. The first-order valence-corrected chi connectivity index (χ1v) is 7.14. The molecule has 0 saturated carbocycles. The standard InChI is InChI=1S/C16H12ClN3O3/c1-11-18-7-8-19(11)12-3-2-4-14(9-12)23-16-6-5-13(20(21)22)10-15(16)17/h2-10H,1H3. The molecule has 0 unspecified atom stereocenters. The van der Waals surface area contributed by atoms with Gasteiger partial charge in [0.15, 0.2) is 0 Å². The van der Waals surface area contributed by atoms with E-state index in [-0.39, 0.29) is 10.7 Å². The second-order valence-electron chi connectivity index (χ2n) is 4.82. The first-order valence-electron chi connectivity index (χ1n) is 6.77. The molecule has 3 aromatic rings. The SMILES string of the molecule is Cc1nccn1-c1cccc(Oc2ccc([N+](=O)[O-])cc2Cl)c1. The van der Waals surface area contributed by atoms with Gasteiger partial charge in [0.2, 0.25) is 0 Å². The van der Waals surface area contributed by atoms with Crippen molar-refractivity contribution in [2.24, 2.45) is 0 Å². The number of rotatable bonds is 4. The van der Waals surface area contributed by atoms with Gasteiger partial charge in [-0.25, -0.2) is 4.98 Å². The molecule has 0 N–H and O–H groups in total. The summed E-state index contributed by atoms with van der Waals surface area (Å²) in [5.74, 6) is 1.79. The summed E-state index contributed by atoms with van der Waals surface area (Å²) in [6.45, 7) is 1.90. The topological polar surface area (TPSA) is 70.2 Å². The van der Waals surface area contributed by atoms with Gasteiger partial charge in [-0.3, -0.25) is 10.1 Å². The lowest BCUT2D eigenvalue weighted by atomic mass is 10.2. The van der Waals surface area contributed by atoms with Crippen LogP contribution >= 0.6 is 11.6 Å². The molecule has 0 amide bonds. The summed E-state index contributed by atoms with van der Waals surface area (Å²) < 4.78 is 7.66. The van der Waals surface area contributed by atoms with E-state index in [1.54, 1.807) is 12.3 Å². The number of nitrogens with zero attached hydrogens (tertiary/aromatic N) is 3. The van der Waals surface area contributed by atoms with Crippen molar-refractivity contribution in [1.82, 2.24) is 9.55 Å². The fourth-order valence-corrected chi connectivity index (χ4v) is 2.37. The van der Waals surface area contributed by atoms with Crippen molar-refractivity contribution < 1.29 is 9.66 Å². The monoisotopic (exact) mass is 329 g/mol. The van der Waals surface area contributed by atoms with Crippen LogP contribution in [0.15, 0.2) is 54.9 Å². The first-order chi connectivity index (χ1) is 11.0. The molecule has 3 rings (SSSR count). The van der Waals surface area contributed by atoms with Crippen LogP contribution in [0.2, 0.25) is 5.02 Å². The van der Waals surface area contributed by atoms with Crippen molar-refractivity contribution in [3.05, 3.63) is 75.8 Å². The van der Waals surface area contributed by atoms with Crippen molar-refractivity contribution in [2.45, 2.75) is 6.92 Å². The molecule has 1 aromatic heterocycles. The molecule has 0 spiro atoms. The average molecular weight is 330 g/mol. The highest BCUT2D eigenvalue weighted by molar-refractivity contribution is 6.32. The fourth-order valence-electron chi connectivity index (χ4n) is 2.16. The van der Waals surface area contributed by atoms with Gasteiger partial charge in [0.1, 0.15) is 17.3 Å². The van der Waals surface area contributed by atoms with Crippen molar-refractivity contribution in [2.75, 3.05) is 0 Å². The second-order valence-corrected chi connectivity index (χ2v) is 5.22. The van der Waals surface area contributed by atoms with Crippen LogP contribution in [0.1, 0.15) is 5.82 Å². The van der Waals surface area contributed by atoms with Gasteiger partial charge in [-0.2, -0.15) is 0 Å².